The number of carbonyl (C=O) groups is 3. The van der Waals surface area contributed by atoms with Gasteiger partial charge in [-0.1, -0.05) is 12.1 Å². The quantitative estimate of drug-likeness (QED) is 0.201. The molecule has 2 atom stereocenters. The van der Waals surface area contributed by atoms with Crippen molar-refractivity contribution in [2.45, 2.75) is 44.0 Å². The van der Waals surface area contributed by atoms with Crippen molar-refractivity contribution >= 4 is 40.6 Å². The van der Waals surface area contributed by atoms with Crippen molar-refractivity contribution < 1.29 is 55.8 Å². The van der Waals surface area contributed by atoms with Gasteiger partial charge in [0, 0.05) is 30.0 Å². The maximum absolute atomic E-state index is 13.8. The van der Waals surface area contributed by atoms with Crippen LogP contribution in [0, 0.1) is 6.92 Å². The molecule has 3 rings (SSSR count). The Morgan fingerprint density at radius 1 is 1.07 bits per heavy atom. The smallest absolute Gasteiger partial charge is 0.508 e. The van der Waals surface area contributed by atoms with Crippen LogP contribution >= 0.6 is 0 Å². The van der Waals surface area contributed by atoms with Crippen LogP contribution in [0.25, 0.3) is 11.0 Å². The van der Waals surface area contributed by atoms with Crippen LogP contribution in [0.3, 0.4) is 0 Å². The number of carbonyl (C=O) groups excluding carboxylic acids is 3. The molecule has 240 valence electrons. The standard InChI is InChI=1S/C27H31F3N4O9S/c1-5-39-25(36)41-14-18(43-26(37)40-6-2)13-33(4)24(35)34-21-10-8-7-9-19(21)32-23(34)44(38)15-20-17(3)22(11-12-31-20)42-16-27(28,29)30/h7-12,18H,5-6,13-16H2,1-4H3/t18?,44-/m1/s1. The van der Waals surface area contributed by atoms with Crippen LogP contribution in [0.1, 0.15) is 25.1 Å². The number of rotatable bonds is 12. The highest BCUT2D eigenvalue weighted by molar-refractivity contribution is 7.90. The van der Waals surface area contributed by atoms with Gasteiger partial charge < -0.3 is 33.1 Å². The topological polar surface area (TPSA) is 154 Å². The molecule has 0 bridgehead atoms. The van der Waals surface area contributed by atoms with E-state index in [1.54, 1.807) is 38.1 Å². The molecule has 2 heterocycles. The molecule has 0 fully saturated rings. The largest absolute Gasteiger partial charge is 0.609 e. The summed E-state index contributed by atoms with van der Waals surface area (Å²) in [5.74, 6) is -0.372. The van der Waals surface area contributed by atoms with Gasteiger partial charge in [0.1, 0.15) is 12.4 Å². The van der Waals surface area contributed by atoms with Gasteiger partial charge in [0.05, 0.1) is 36.5 Å². The van der Waals surface area contributed by atoms with Crippen LogP contribution in [-0.4, -0.2) is 94.6 Å². The number of hydrogen-bond acceptors (Lipinski definition) is 11. The molecule has 2 aromatic heterocycles. The molecular formula is C27H31F3N4O9S. The van der Waals surface area contributed by atoms with Gasteiger partial charge >= 0.3 is 29.7 Å². The average molecular weight is 645 g/mol. The first-order valence-corrected chi connectivity index (χ1v) is 14.5. The third-order valence-electron chi connectivity index (χ3n) is 5.82. The van der Waals surface area contributed by atoms with Crippen molar-refractivity contribution in [2.24, 2.45) is 0 Å². The summed E-state index contributed by atoms with van der Waals surface area (Å²) in [6, 6.07) is 7.05. The number of amides is 1. The van der Waals surface area contributed by atoms with E-state index in [2.05, 4.69) is 9.97 Å². The van der Waals surface area contributed by atoms with Crippen molar-refractivity contribution in [1.29, 1.82) is 0 Å². The summed E-state index contributed by atoms with van der Waals surface area (Å²) in [4.78, 5) is 47.1. The average Bonchev–Trinajstić information content (AvgIpc) is 3.35. The Morgan fingerprint density at radius 2 is 1.75 bits per heavy atom. The number of pyridine rings is 1. The lowest BCUT2D eigenvalue weighted by atomic mass is 10.2. The lowest BCUT2D eigenvalue weighted by molar-refractivity contribution is -0.153. The maximum Gasteiger partial charge on any atom is 0.508 e. The van der Waals surface area contributed by atoms with Crippen molar-refractivity contribution in [3.63, 3.8) is 0 Å². The van der Waals surface area contributed by atoms with Gasteiger partial charge in [-0.15, -0.1) is 0 Å². The summed E-state index contributed by atoms with van der Waals surface area (Å²) in [5.41, 5.74) is 1.08. The van der Waals surface area contributed by atoms with Gasteiger partial charge in [-0.2, -0.15) is 18.2 Å². The number of ether oxygens (including phenoxy) is 5. The normalized spacial score (nSPS) is 12.7. The van der Waals surface area contributed by atoms with Gasteiger partial charge in [-0.25, -0.2) is 19.0 Å². The van der Waals surface area contributed by atoms with E-state index in [0.29, 0.717) is 11.0 Å². The molecule has 0 saturated carbocycles. The predicted octanol–water partition coefficient (Wildman–Crippen LogP) is 4.60. The Labute approximate surface area is 253 Å². The number of para-hydroxylation sites is 2. The molecular weight excluding hydrogens is 613 g/mol. The fraction of sp³-hybridized carbons (Fsp3) is 0.444. The zero-order valence-electron chi connectivity index (χ0n) is 24.3. The summed E-state index contributed by atoms with van der Waals surface area (Å²) in [6.07, 6.45) is -6.54. The number of hydrogen-bond donors (Lipinski definition) is 0. The van der Waals surface area contributed by atoms with Gasteiger partial charge in [-0.05, 0) is 39.0 Å². The number of aromatic nitrogens is 3. The first-order valence-electron chi connectivity index (χ1n) is 13.2. The molecule has 0 N–H and O–H groups in total. The van der Waals surface area contributed by atoms with E-state index in [-0.39, 0.29) is 47.7 Å². The van der Waals surface area contributed by atoms with E-state index in [1.807, 2.05) is 0 Å². The fourth-order valence-corrected chi connectivity index (χ4v) is 5.09. The SMILES string of the molecule is CCOC(=O)OCC(CN(C)C(=O)n1c([S@+]([O-])Cc2nccc(OCC(F)(F)F)c2C)nc2ccccc21)OC(=O)OCC. The van der Waals surface area contributed by atoms with E-state index < -0.39 is 55.0 Å². The lowest BCUT2D eigenvalue weighted by Crippen LogP contribution is -2.42. The van der Waals surface area contributed by atoms with E-state index >= 15 is 0 Å². The van der Waals surface area contributed by atoms with Gasteiger partial charge in [0.2, 0.25) is 0 Å². The van der Waals surface area contributed by atoms with Crippen LogP contribution in [0.4, 0.5) is 27.6 Å². The monoisotopic (exact) mass is 644 g/mol. The Bertz CT molecular complexity index is 1450. The summed E-state index contributed by atoms with van der Waals surface area (Å²) >= 11 is -2.02. The number of benzene rings is 1. The molecule has 0 aliphatic rings. The third-order valence-corrected chi connectivity index (χ3v) is 7.04. The number of likely N-dealkylation sites (N-methyl/N-ethyl adjacent to an activating group) is 1. The van der Waals surface area contributed by atoms with Crippen molar-refractivity contribution in [1.82, 2.24) is 19.4 Å². The molecule has 0 radical (unpaired) electrons. The zero-order valence-corrected chi connectivity index (χ0v) is 25.1. The zero-order chi connectivity index (χ0) is 32.4. The van der Waals surface area contributed by atoms with Crippen molar-refractivity contribution in [3.8, 4) is 5.75 Å². The number of halogens is 3. The Morgan fingerprint density at radius 3 is 2.43 bits per heavy atom. The Hall–Kier alpha value is -4.25. The summed E-state index contributed by atoms with van der Waals surface area (Å²) in [6.45, 7) is 2.43. The highest BCUT2D eigenvalue weighted by Gasteiger charge is 2.32. The molecule has 1 unspecified atom stereocenters. The summed E-state index contributed by atoms with van der Waals surface area (Å²) in [7, 11) is 1.38. The molecule has 0 spiro atoms. The van der Waals surface area contributed by atoms with Gasteiger partial charge in [0.25, 0.3) is 0 Å². The maximum atomic E-state index is 13.8. The minimum atomic E-state index is -4.55. The number of nitrogens with zero attached hydrogens (tertiary/aromatic N) is 4. The van der Waals surface area contributed by atoms with Gasteiger partial charge in [-0.3, -0.25) is 4.98 Å². The third kappa shape index (κ3) is 9.37. The second kappa shape index (κ2) is 15.5. The van der Waals surface area contributed by atoms with E-state index in [4.69, 9.17) is 23.7 Å². The molecule has 13 nitrogen and oxygen atoms in total. The Kier molecular flexibility index (Phi) is 12.0. The van der Waals surface area contributed by atoms with E-state index in [1.165, 1.54) is 26.2 Å². The fourth-order valence-electron chi connectivity index (χ4n) is 3.84. The van der Waals surface area contributed by atoms with Crippen LogP contribution in [0.15, 0.2) is 41.7 Å². The van der Waals surface area contributed by atoms with Crippen molar-refractivity contribution in [2.75, 3.05) is 40.0 Å². The molecule has 17 heteroatoms. The first kappa shape index (κ1) is 34.2. The second-order valence-corrected chi connectivity index (χ2v) is 10.4. The van der Waals surface area contributed by atoms with Gasteiger partial charge in [0.15, 0.2) is 18.5 Å². The lowest BCUT2D eigenvalue weighted by Gasteiger charge is -2.24. The highest BCUT2D eigenvalue weighted by Crippen LogP contribution is 2.27. The first-order chi connectivity index (χ1) is 20.8. The van der Waals surface area contributed by atoms with E-state index in [0.717, 1.165) is 9.47 Å². The molecule has 0 aliphatic heterocycles. The highest BCUT2D eigenvalue weighted by atomic mass is 32.2. The number of fused-ring (bicyclic) bond motifs is 1. The molecule has 1 aromatic carbocycles. The van der Waals surface area contributed by atoms with Crippen LogP contribution in [0.2, 0.25) is 0 Å². The van der Waals surface area contributed by atoms with Crippen LogP contribution in [0.5, 0.6) is 5.75 Å². The second-order valence-electron chi connectivity index (χ2n) is 9.07. The molecule has 3 aromatic rings. The molecule has 1 amide bonds. The number of alkyl halides is 3. The number of imidazole rings is 1. The summed E-state index contributed by atoms with van der Waals surface area (Å²) < 4.78 is 77.3. The van der Waals surface area contributed by atoms with Crippen LogP contribution < -0.4 is 4.74 Å². The molecule has 0 saturated heterocycles. The molecule has 44 heavy (non-hydrogen) atoms. The van der Waals surface area contributed by atoms with Crippen LogP contribution in [-0.2, 0) is 35.9 Å². The van der Waals surface area contributed by atoms with Crippen molar-refractivity contribution in [3.05, 3.63) is 47.8 Å². The van der Waals surface area contributed by atoms with E-state index in [9.17, 15) is 32.1 Å². The Balaban J connectivity index is 1.87. The molecule has 0 aliphatic carbocycles. The minimum Gasteiger partial charge on any atom is -0.609 e. The minimum absolute atomic E-state index is 0.0148. The summed E-state index contributed by atoms with van der Waals surface area (Å²) in [5, 5.41) is -0.156. The predicted molar refractivity (Wildman–Crippen MR) is 149 cm³/mol.